The zero-order valence-corrected chi connectivity index (χ0v) is 15.8. The van der Waals surface area contributed by atoms with E-state index in [1.807, 2.05) is 55.2 Å². The van der Waals surface area contributed by atoms with Crippen LogP contribution in [0.4, 0.5) is 0 Å². The van der Waals surface area contributed by atoms with E-state index in [2.05, 4.69) is 26.1 Å². The van der Waals surface area contributed by atoms with Gasteiger partial charge in [-0.2, -0.15) is 5.10 Å². The molecule has 1 unspecified atom stereocenters. The minimum absolute atomic E-state index is 0.0399. The SMILES string of the molecule is Cc1ccc(CN2Cc3ccnn3C(CCNC(=O)c3cccn3C)C2)o1. The molecule has 3 aromatic heterocycles. The van der Waals surface area contributed by atoms with Gasteiger partial charge in [0.05, 0.1) is 18.3 Å². The third-order valence-electron chi connectivity index (χ3n) is 5.07. The molecule has 0 spiro atoms. The Kier molecular flexibility index (Phi) is 4.85. The molecule has 0 saturated carbocycles. The predicted molar refractivity (Wildman–Crippen MR) is 101 cm³/mol. The molecule has 1 aliphatic rings. The number of furan rings is 1. The number of aryl methyl sites for hydroxylation is 2. The molecular formula is C20H25N5O2. The summed E-state index contributed by atoms with van der Waals surface area (Å²) in [5, 5.41) is 7.52. The van der Waals surface area contributed by atoms with Gasteiger partial charge in [-0.15, -0.1) is 0 Å². The third-order valence-corrected chi connectivity index (χ3v) is 5.07. The summed E-state index contributed by atoms with van der Waals surface area (Å²) in [6.07, 6.45) is 4.56. The van der Waals surface area contributed by atoms with Gasteiger partial charge in [-0.25, -0.2) is 0 Å². The summed E-state index contributed by atoms with van der Waals surface area (Å²) in [5.74, 6) is 1.88. The van der Waals surface area contributed by atoms with Crippen LogP contribution >= 0.6 is 0 Å². The van der Waals surface area contributed by atoms with Gasteiger partial charge in [0.15, 0.2) is 0 Å². The van der Waals surface area contributed by atoms with Crippen LogP contribution in [0.2, 0.25) is 0 Å². The molecule has 0 fully saturated rings. The van der Waals surface area contributed by atoms with E-state index in [-0.39, 0.29) is 11.9 Å². The molecule has 0 aromatic carbocycles. The highest BCUT2D eigenvalue weighted by Gasteiger charge is 2.26. The fraction of sp³-hybridized carbons (Fsp3) is 0.400. The van der Waals surface area contributed by atoms with Gasteiger partial charge in [0.2, 0.25) is 0 Å². The topological polar surface area (TPSA) is 68.2 Å². The van der Waals surface area contributed by atoms with Crippen molar-refractivity contribution in [1.29, 1.82) is 0 Å². The number of carbonyl (C=O) groups excluding carboxylic acids is 1. The van der Waals surface area contributed by atoms with Gasteiger partial charge in [0, 0.05) is 39.1 Å². The Hall–Kier alpha value is -2.80. The third kappa shape index (κ3) is 3.83. The summed E-state index contributed by atoms with van der Waals surface area (Å²) in [5.41, 5.74) is 1.87. The van der Waals surface area contributed by atoms with Gasteiger partial charge in [-0.1, -0.05) is 0 Å². The molecule has 142 valence electrons. The number of hydrogen-bond donors (Lipinski definition) is 1. The largest absolute Gasteiger partial charge is 0.465 e. The summed E-state index contributed by atoms with van der Waals surface area (Å²) in [7, 11) is 1.88. The smallest absolute Gasteiger partial charge is 0.267 e. The van der Waals surface area contributed by atoms with E-state index in [4.69, 9.17) is 4.42 Å². The first-order valence-corrected chi connectivity index (χ1v) is 9.30. The Morgan fingerprint density at radius 2 is 2.22 bits per heavy atom. The molecule has 7 nitrogen and oxygen atoms in total. The van der Waals surface area contributed by atoms with Crippen molar-refractivity contribution >= 4 is 5.91 Å². The number of carbonyl (C=O) groups is 1. The van der Waals surface area contributed by atoms with Crippen LogP contribution in [-0.2, 0) is 20.1 Å². The second-order valence-corrected chi connectivity index (χ2v) is 7.15. The van der Waals surface area contributed by atoms with Crippen molar-refractivity contribution in [1.82, 2.24) is 24.6 Å². The molecule has 4 heterocycles. The van der Waals surface area contributed by atoms with E-state index in [1.54, 1.807) is 0 Å². The summed E-state index contributed by atoms with van der Waals surface area (Å²) < 4.78 is 9.66. The average molecular weight is 367 g/mol. The molecule has 1 aliphatic heterocycles. The van der Waals surface area contributed by atoms with Gasteiger partial charge in [0.25, 0.3) is 5.91 Å². The Bertz CT molecular complexity index is 922. The van der Waals surface area contributed by atoms with Gasteiger partial charge in [0.1, 0.15) is 17.2 Å². The van der Waals surface area contributed by atoms with Crippen molar-refractivity contribution in [2.75, 3.05) is 13.1 Å². The normalized spacial score (nSPS) is 17.0. The van der Waals surface area contributed by atoms with Crippen molar-refractivity contribution < 1.29 is 9.21 Å². The molecular weight excluding hydrogens is 342 g/mol. The summed E-state index contributed by atoms with van der Waals surface area (Å²) in [4.78, 5) is 14.7. The molecule has 0 saturated heterocycles. The van der Waals surface area contributed by atoms with E-state index in [1.165, 1.54) is 5.69 Å². The number of aromatic nitrogens is 3. The molecule has 1 N–H and O–H groups in total. The van der Waals surface area contributed by atoms with Crippen molar-refractivity contribution in [2.45, 2.75) is 32.5 Å². The lowest BCUT2D eigenvalue weighted by Crippen LogP contribution is -2.39. The fourth-order valence-corrected chi connectivity index (χ4v) is 3.73. The standard InChI is InChI=1S/C20H25N5O2/c1-15-5-6-18(27-15)14-24-12-16(25-17(13-24)8-10-22-25)7-9-21-20(26)19-4-3-11-23(19)2/h3-6,8,10-11,16H,7,9,12-14H2,1-2H3,(H,21,26). The predicted octanol–water partition coefficient (Wildman–Crippen LogP) is 2.50. The molecule has 0 bridgehead atoms. The minimum Gasteiger partial charge on any atom is -0.465 e. The van der Waals surface area contributed by atoms with Crippen LogP contribution in [-0.4, -0.2) is 38.2 Å². The monoisotopic (exact) mass is 367 g/mol. The zero-order chi connectivity index (χ0) is 18.8. The van der Waals surface area contributed by atoms with Crippen LogP contribution in [0.15, 0.2) is 47.1 Å². The van der Waals surface area contributed by atoms with Crippen LogP contribution < -0.4 is 5.32 Å². The Balaban J connectivity index is 1.38. The zero-order valence-electron chi connectivity index (χ0n) is 15.8. The molecule has 27 heavy (non-hydrogen) atoms. The number of rotatable bonds is 6. The van der Waals surface area contributed by atoms with E-state index < -0.39 is 0 Å². The first kappa shape index (κ1) is 17.6. The highest BCUT2D eigenvalue weighted by Crippen LogP contribution is 2.24. The van der Waals surface area contributed by atoms with E-state index in [9.17, 15) is 4.79 Å². The maximum atomic E-state index is 12.3. The fourth-order valence-electron chi connectivity index (χ4n) is 3.73. The highest BCUT2D eigenvalue weighted by molar-refractivity contribution is 5.92. The first-order valence-electron chi connectivity index (χ1n) is 9.30. The Morgan fingerprint density at radius 3 is 2.96 bits per heavy atom. The van der Waals surface area contributed by atoms with Crippen LogP contribution in [0.3, 0.4) is 0 Å². The summed E-state index contributed by atoms with van der Waals surface area (Å²) in [6.45, 7) is 5.10. The number of fused-ring (bicyclic) bond motifs is 1. The lowest BCUT2D eigenvalue weighted by Gasteiger charge is -2.33. The van der Waals surface area contributed by atoms with Crippen LogP contribution in [0.1, 0.15) is 40.2 Å². The molecule has 4 rings (SSSR count). The highest BCUT2D eigenvalue weighted by atomic mass is 16.3. The van der Waals surface area contributed by atoms with E-state index >= 15 is 0 Å². The van der Waals surface area contributed by atoms with Crippen molar-refractivity contribution in [3.63, 3.8) is 0 Å². The van der Waals surface area contributed by atoms with Gasteiger partial charge in [-0.05, 0) is 43.7 Å². The minimum atomic E-state index is -0.0399. The second-order valence-electron chi connectivity index (χ2n) is 7.15. The number of amides is 1. The second kappa shape index (κ2) is 7.44. The van der Waals surface area contributed by atoms with E-state index in [0.717, 1.165) is 37.6 Å². The molecule has 1 amide bonds. The quantitative estimate of drug-likeness (QED) is 0.727. The molecule has 7 heteroatoms. The molecule has 0 aliphatic carbocycles. The van der Waals surface area contributed by atoms with Crippen LogP contribution in [0, 0.1) is 6.92 Å². The maximum Gasteiger partial charge on any atom is 0.267 e. The first-order chi connectivity index (χ1) is 13.1. The van der Waals surface area contributed by atoms with Gasteiger partial charge >= 0.3 is 0 Å². The number of nitrogens with one attached hydrogen (secondary N) is 1. The summed E-state index contributed by atoms with van der Waals surface area (Å²) in [6, 6.07) is 10.0. The Labute approximate surface area is 158 Å². The summed E-state index contributed by atoms with van der Waals surface area (Å²) >= 11 is 0. The number of nitrogens with zero attached hydrogens (tertiary/aromatic N) is 4. The molecule has 1 atom stereocenters. The molecule has 0 radical (unpaired) electrons. The van der Waals surface area contributed by atoms with Crippen molar-refractivity contribution in [3.05, 3.63) is 65.6 Å². The average Bonchev–Trinajstić information content (AvgIpc) is 3.36. The Morgan fingerprint density at radius 1 is 1.33 bits per heavy atom. The van der Waals surface area contributed by atoms with Crippen LogP contribution in [0.25, 0.3) is 0 Å². The maximum absolute atomic E-state index is 12.3. The van der Waals surface area contributed by atoms with Crippen molar-refractivity contribution in [3.8, 4) is 0 Å². The lowest BCUT2D eigenvalue weighted by molar-refractivity contribution is 0.0938. The lowest BCUT2D eigenvalue weighted by atomic mass is 10.1. The molecule has 3 aromatic rings. The number of hydrogen-bond acceptors (Lipinski definition) is 4. The van der Waals surface area contributed by atoms with Gasteiger partial charge < -0.3 is 14.3 Å². The van der Waals surface area contributed by atoms with E-state index in [0.29, 0.717) is 12.2 Å². The van der Waals surface area contributed by atoms with Crippen LogP contribution in [0.5, 0.6) is 0 Å². The van der Waals surface area contributed by atoms with Crippen molar-refractivity contribution in [2.24, 2.45) is 7.05 Å². The van der Waals surface area contributed by atoms with Gasteiger partial charge in [-0.3, -0.25) is 14.4 Å².